The van der Waals surface area contributed by atoms with Crippen LogP contribution in [0.3, 0.4) is 0 Å². The lowest BCUT2D eigenvalue weighted by atomic mass is 10.2. The molecule has 0 aliphatic heterocycles. The molecule has 0 aliphatic rings. The highest BCUT2D eigenvalue weighted by Crippen LogP contribution is 2.33. The fourth-order valence-electron chi connectivity index (χ4n) is 1.48. The topological polar surface area (TPSA) is 61.8 Å². The van der Waals surface area contributed by atoms with Gasteiger partial charge in [-0.1, -0.05) is 11.6 Å². The molecule has 0 atom stereocenters. The van der Waals surface area contributed by atoms with Crippen molar-refractivity contribution in [1.29, 1.82) is 5.26 Å². The van der Waals surface area contributed by atoms with Crippen LogP contribution in [0.15, 0.2) is 18.2 Å². The molecule has 0 fully saturated rings. The number of nitrogen functional groups attached to an aromatic ring is 1. The largest absolute Gasteiger partial charge is 0.397 e. The fraction of sp³-hybridized carbons (Fsp3) is 0.0833. The Morgan fingerprint density at radius 3 is 2.83 bits per heavy atom. The Kier molecular flexibility index (Phi) is 3.41. The zero-order valence-corrected chi connectivity index (χ0v) is 11.0. The van der Waals surface area contributed by atoms with Gasteiger partial charge in [0.15, 0.2) is 0 Å². The first kappa shape index (κ1) is 12.7. The summed E-state index contributed by atoms with van der Waals surface area (Å²) in [5.41, 5.74) is 6.98. The lowest BCUT2D eigenvalue weighted by molar-refractivity contribution is 0.629. The van der Waals surface area contributed by atoms with Crippen LogP contribution in [0.5, 0.6) is 0 Å². The van der Waals surface area contributed by atoms with E-state index in [1.165, 1.54) is 23.5 Å². The number of hydrogen-bond acceptors (Lipinski definition) is 4. The van der Waals surface area contributed by atoms with Gasteiger partial charge in [0.25, 0.3) is 0 Å². The van der Waals surface area contributed by atoms with Gasteiger partial charge < -0.3 is 11.1 Å². The summed E-state index contributed by atoms with van der Waals surface area (Å²) >= 11 is 7.03. The van der Waals surface area contributed by atoms with E-state index in [4.69, 9.17) is 22.6 Å². The minimum Gasteiger partial charge on any atom is -0.397 e. The van der Waals surface area contributed by atoms with Gasteiger partial charge >= 0.3 is 0 Å². The highest BCUT2D eigenvalue weighted by Gasteiger charge is 2.11. The van der Waals surface area contributed by atoms with E-state index in [2.05, 4.69) is 11.4 Å². The van der Waals surface area contributed by atoms with Crippen molar-refractivity contribution in [2.24, 2.45) is 0 Å². The zero-order chi connectivity index (χ0) is 13.3. The summed E-state index contributed by atoms with van der Waals surface area (Å²) in [6.07, 6.45) is 0. The summed E-state index contributed by atoms with van der Waals surface area (Å²) in [5, 5.41) is 12.5. The Morgan fingerprint density at radius 1 is 1.44 bits per heavy atom. The number of nitrogens with zero attached hydrogens (tertiary/aromatic N) is 1. The molecule has 0 amide bonds. The first-order valence-corrected chi connectivity index (χ1v) is 6.23. The van der Waals surface area contributed by atoms with E-state index >= 15 is 0 Å². The molecule has 92 valence electrons. The van der Waals surface area contributed by atoms with Gasteiger partial charge in [-0.15, -0.1) is 11.3 Å². The number of benzene rings is 1. The average Bonchev–Trinajstić information content (AvgIpc) is 2.66. The van der Waals surface area contributed by atoms with Gasteiger partial charge in [-0.25, -0.2) is 4.39 Å². The molecule has 0 aliphatic carbocycles. The van der Waals surface area contributed by atoms with E-state index in [-0.39, 0.29) is 5.02 Å². The van der Waals surface area contributed by atoms with Crippen LogP contribution in [-0.4, -0.2) is 0 Å². The third-order valence-electron chi connectivity index (χ3n) is 2.32. The Labute approximate surface area is 113 Å². The van der Waals surface area contributed by atoms with Crippen LogP contribution in [-0.2, 0) is 0 Å². The molecule has 0 unspecified atom stereocenters. The quantitative estimate of drug-likeness (QED) is 0.817. The molecule has 2 rings (SSSR count). The van der Waals surface area contributed by atoms with Crippen molar-refractivity contribution >= 4 is 39.3 Å². The average molecular weight is 282 g/mol. The van der Waals surface area contributed by atoms with E-state index in [0.29, 0.717) is 21.9 Å². The zero-order valence-electron chi connectivity index (χ0n) is 9.42. The number of nitrogens with two attached hydrogens (primary N) is 1. The molecule has 18 heavy (non-hydrogen) atoms. The molecule has 1 heterocycles. The summed E-state index contributed by atoms with van der Waals surface area (Å²) in [5.74, 6) is -0.555. The molecule has 2 aromatic rings. The van der Waals surface area contributed by atoms with Crippen LogP contribution in [0.2, 0.25) is 5.02 Å². The van der Waals surface area contributed by atoms with Crippen LogP contribution in [0, 0.1) is 24.1 Å². The van der Waals surface area contributed by atoms with Crippen molar-refractivity contribution in [3.05, 3.63) is 39.5 Å². The second kappa shape index (κ2) is 4.84. The number of anilines is 3. The van der Waals surface area contributed by atoms with Gasteiger partial charge in [0.2, 0.25) is 0 Å². The lowest BCUT2D eigenvalue weighted by Gasteiger charge is -2.08. The standard InChI is InChI=1S/C12H9ClFN3S/c1-6-2-7(5-15)12(18-6)17-11-4-9(14)8(13)3-10(11)16/h2-4,17H,16H2,1H3. The minimum absolute atomic E-state index is 0.0269. The number of thiophene rings is 1. The molecule has 0 saturated carbocycles. The smallest absolute Gasteiger partial charge is 0.144 e. The highest BCUT2D eigenvalue weighted by molar-refractivity contribution is 7.16. The Hall–Kier alpha value is -1.77. The van der Waals surface area contributed by atoms with E-state index in [0.717, 1.165) is 4.88 Å². The molecule has 0 spiro atoms. The molecule has 0 radical (unpaired) electrons. The fourth-order valence-corrected chi connectivity index (χ4v) is 2.53. The van der Waals surface area contributed by atoms with Crippen molar-refractivity contribution < 1.29 is 4.39 Å². The maximum Gasteiger partial charge on any atom is 0.144 e. The number of halogens is 2. The molecule has 0 bridgehead atoms. The van der Waals surface area contributed by atoms with Gasteiger partial charge in [0.05, 0.1) is 22.0 Å². The monoisotopic (exact) mass is 281 g/mol. The van der Waals surface area contributed by atoms with E-state index < -0.39 is 5.82 Å². The Balaban J connectivity index is 2.40. The van der Waals surface area contributed by atoms with Gasteiger partial charge in [-0.05, 0) is 19.1 Å². The number of nitrogens with one attached hydrogen (secondary N) is 1. The molecule has 1 aromatic heterocycles. The summed E-state index contributed by atoms with van der Waals surface area (Å²) in [7, 11) is 0. The first-order valence-electron chi connectivity index (χ1n) is 5.03. The van der Waals surface area contributed by atoms with E-state index in [1.54, 1.807) is 6.07 Å². The van der Waals surface area contributed by atoms with Crippen LogP contribution < -0.4 is 11.1 Å². The molecule has 1 aromatic carbocycles. The summed E-state index contributed by atoms with van der Waals surface area (Å²) < 4.78 is 13.4. The number of aryl methyl sites for hydroxylation is 1. The van der Waals surface area contributed by atoms with Gasteiger partial charge in [-0.3, -0.25) is 0 Å². The van der Waals surface area contributed by atoms with Crippen molar-refractivity contribution in [3.8, 4) is 6.07 Å². The van der Waals surface area contributed by atoms with Gasteiger partial charge in [0, 0.05) is 10.9 Å². The predicted octanol–water partition coefficient (Wildman–Crippen LogP) is 4.05. The maximum atomic E-state index is 13.4. The molecular formula is C12H9ClFN3S. The van der Waals surface area contributed by atoms with Crippen LogP contribution in [0.25, 0.3) is 0 Å². The third-order valence-corrected chi connectivity index (χ3v) is 3.57. The Morgan fingerprint density at radius 2 is 2.17 bits per heavy atom. The molecule has 3 N–H and O–H groups in total. The van der Waals surface area contributed by atoms with Crippen molar-refractivity contribution in [1.82, 2.24) is 0 Å². The number of hydrogen-bond donors (Lipinski definition) is 2. The summed E-state index contributed by atoms with van der Waals surface area (Å²) in [4.78, 5) is 0.988. The normalized spacial score (nSPS) is 10.1. The van der Waals surface area contributed by atoms with Crippen LogP contribution in [0.4, 0.5) is 20.8 Å². The molecular weight excluding hydrogens is 273 g/mol. The highest BCUT2D eigenvalue weighted by atomic mass is 35.5. The second-order valence-electron chi connectivity index (χ2n) is 3.69. The van der Waals surface area contributed by atoms with E-state index in [1.807, 2.05) is 6.92 Å². The van der Waals surface area contributed by atoms with Crippen LogP contribution >= 0.6 is 22.9 Å². The third kappa shape index (κ3) is 2.40. The SMILES string of the molecule is Cc1cc(C#N)c(Nc2cc(F)c(Cl)cc2N)s1. The summed E-state index contributed by atoms with van der Waals surface area (Å²) in [6.45, 7) is 1.89. The maximum absolute atomic E-state index is 13.4. The van der Waals surface area contributed by atoms with Crippen molar-refractivity contribution in [3.63, 3.8) is 0 Å². The van der Waals surface area contributed by atoms with Gasteiger partial charge in [-0.2, -0.15) is 5.26 Å². The number of nitriles is 1. The molecule has 0 saturated heterocycles. The van der Waals surface area contributed by atoms with Crippen LogP contribution in [0.1, 0.15) is 10.4 Å². The number of rotatable bonds is 2. The minimum atomic E-state index is -0.555. The second-order valence-corrected chi connectivity index (χ2v) is 5.35. The molecule has 3 nitrogen and oxygen atoms in total. The van der Waals surface area contributed by atoms with Crippen molar-refractivity contribution in [2.45, 2.75) is 6.92 Å². The van der Waals surface area contributed by atoms with Gasteiger partial charge in [0.1, 0.15) is 16.9 Å². The lowest BCUT2D eigenvalue weighted by Crippen LogP contribution is -1.97. The van der Waals surface area contributed by atoms with Crippen molar-refractivity contribution in [2.75, 3.05) is 11.1 Å². The predicted molar refractivity (Wildman–Crippen MR) is 72.9 cm³/mol. The first-order chi connectivity index (χ1) is 8.51. The Bertz CT molecular complexity index is 646. The summed E-state index contributed by atoms with van der Waals surface area (Å²) in [6, 6.07) is 6.38. The molecule has 6 heteroatoms. The van der Waals surface area contributed by atoms with E-state index in [9.17, 15) is 4.39 Å².